The molecule has 1 aliphatic heterocycles. The first-order chi connectivity index (χ1) is 13.4. The molecule has 30 heavy (non-hydrogen) atoms. The predicted octanol–water partition coefficient (Wildman–Crippen LogP) is 1.58. The lowest BCUT2D eigenvalue weighted by molar-refractivity contribution is 0.0448. The zero-order valence-electron chi connectivity index (χ0n) is 19.2. The van der Waals surface area contributed by atoms with Crippen molar-refractivity contribution < 1.29 is 17.9 Å². The lowest BCUT2D eigenvalue weighted by Gasteiger charge is -2.34. The summed E-state index contributed by atoms with van der Waals surface area (Å²) in [6.07, 6.45) is 1.07. The van der Waals surface area contributed by atoms with Crippen LogP contribution in [0, 0.1) is 0 Å². The molecule has 0 saturated carbocycles. The van der Waals surface area contributed by atoms with Crippen molar-refractivity contribution in [2.45, 2.75) is 58.6 Å². The van der Waals surface area contributed by atoms with Crippen molar-refractivity contribution >= 4 is 45.9 Å². The van der Waals surface area contributed by atoms with Gasteiger partial charge in [0.25, 0.3) is 0 Å². The van der Waals surface area contributed by atoms with Crippen LogP contribution >= 0.6 is 24.0 Å². The number of rotatable bonds is 8. The van der Waals surface area contributed by atoms with Gasteiger partial charge >= 0.3 is 6.09 Å². The topological polar surface area (TPSA) is 112 Å². The molecule has 11 heteroatoms. The maximum Gasteiger partial charge on any atom is 0.408 e. The van der Waals surface area contributed by atoms with E-state index in [0.717, 1.165) is 19.4 Å². The van der Waals surface area contributed by atoms with E-state index in [9.17, 15) is 13.2 Å². The fourth-order valence-corrected chi connectivity index (χ4v) is 4.30. The molecule has 0 aliphatic carbocycles. The highest BCUT2D eigenvalue weighted by molar-refractivity contribution is 14.0. The van der Waals surface area contributed by atoms with E-state index in [1.165, 1.54) is 0 Å². The van der Waals surface area contributed by atoms with E-state index in [1.54, 1.807) is 7.05 Å². The van der Waals surface area contributed by atoms with Gasteiger partial charge in [-0.05, 0) is 33.6 Å². The summed E-state index contributed by atoms with van der Waals surface area (Å²) >= 11 is 0. The number of carbonyl (C=O) groups excluding carboxylic acids is 1. The second-order valence-electron chi connectivity index (χ2n) is 8.46. The Labute approximate surface area is 199 Å². The minimum Gasteiger partial charge on any atom is -0.444 e. The number of amides is 1. The average Bonchev–Trinajstić information content (AvgIpc) is 2.63. The number of carbonyl (C=O) groups is 1. The molecule has 1 rings (SSSR count). The van der Waals surface area contributed by atoms with Gasteiger partial charge < -0.3 is 20.7 Å². The van der Waals surface area contributed by atoms with Gasteiger partial charge in [-0.25, -0.2) is 13.2 Å². The van der Waals surface area contributed by atoms with Crippen LogP contribution in [0.3, 0.4) is 0 Å². The van der Waals surface area contributed by atoms with Crippen LogP contribution < -0.4 is 16.0 Å². The summed E-state index contributed by atoms with van der Waals surface area (Å²) in [4.78, 5) is 18.6. The lowest BCUT2D eigenvalue weighted by atomic mass is 9.93. The number of alkyl carbamates (subject to hydrolysis) is 1. The maximum absolute atomic E-state index is 12.2. The maximum atomic E-state index is 12.2. The van der Waals surface area contributed by atoms with Crippen LogP contribution in [0.5, 0.6) is 0 Å². The van der Waals surface area contributed by atoms with Gasteiger partial charge in [0.1, 0.15) is 5.60 Å². The first-order valence-corrected chi connectivity index (χ1v) is 12.1. The summed E-state index contributed by atoms with van der Waals surface area (Å²) < 4.78 is 28.4. The van der Waals surface area contributed by atoms with Crippen LogP contribution in [0.1, 0.15) is 47.5 Å². The van der Waals surface area contributed by atoms with Gasteiger partial charge in [0.2, 0.25) is 0 Å². The molecule has 1 aliphatic rings. The van der Waals surface area contributed by atoms with E-state index >= 15 is 0 Å². The molecule has 0 bridgehead atoms. The number of ether oxygens (including phenoxy) is 1. The molecule has 0 aromatic rings. The molecule has 0 unspecified atom stereocenters. The molecule has 3 N–H and O–H groups in total. The van der Waals surface area contributed by atoms with Gasteiger partial charge in [0, 0.05) is 39.8 Å². The summed E-state index contributed by atoms with van der Waals surface area (Å²) in [7, 11) is -1.16. The Balaban J connectivity index is 0.00000841. The lowest BCUT2D eigenvalue weighted by Crippen LogP contribution is -2.57. The molecule has 0 atom stereocenters. The van der Waals surface area contributed by atoms with Gasteiger partial charge in [0.05, 0.1) is 17.0 Å². The van der Waals surface area contributed by atoms with Crippen LogP contribution in [0.4, 0.5) is 4.79 Å². The third-order valence-corrected chi connectivity index (χ3v) is 6.70. The number of nitrogens with zero attached hydrogens (tertiary/aromatic N) is 2. The zero-order valence-corrected chi connectivity index (χ0v) is 22.4. The van der Waals surface area contributed by atoms with Gasteiger partial charge in [0.15, 0.2) is 15.8 Å². The largest absolute Gasteiger partial charge is 0.444 e. The summed E-state index contributed by atoms with van der Waals surface area (Å²) in [5.74, 6) is 1.10. The minimum absolute atomic E-state index is 0. The Kier molecular flexibility index (Phi) is 12.5. The highest BCUT2D eigenvalue weighted by atomic mass is 127. The molecular weight excluding hydrogens is 521 g/mol. The molecule has 1 fully saturated rings. The predicted molar refractivity (Wildman–Crippen MR) is 133 cm³/mol. The number of guanidine groups is 1. The first kappa shape index (κ1) is 29.2. The highest BCUT2D eigenvalue weighted by Crippen LogP contribution is 2.16. The van der Waals surface area contributed by atoms with Crippen molar-refractivity contribution in [3.05, 3.63) is 0 Å². The second-order valence-corrected chi connectivity index (χ2v) is 10.8. The average molecular weight is 562 g/mol. The van der Waals surface area contributed by atoms with Crippen molar-refractivity contribution in [2.75, 3.05) is 51.3 Å². The van der Waals surface area contributed by atoms with Gasteiger partial charge in [-0.15, -0.1) is 24.0 Å². The molecule has 0 aromatic carbocycles. The second kappa shape index (κ2) is 12.9. The van der Waals surface area contributed by atoms with Crippen molar-refractivity contribution in [2.24, 2.45) is 4.99 Å². The van der Waals surface area contributed by atoms with Crippen molar-refractivity contribution in [3.63, 3.8) is 0 Å². The van der Waals surface area contributed by atoms with Crippen molar-refractivity contribution in [1.29, 1.82) is 0 Å². The SMILES string of the molecule is CCC(CC)(CNC(=NC)NCCN1CCS(=O)(=O)CC1)NC(=O)OC(C)(C)C.I. The quantitative estimate of drug-likeness (QED) is 0.235. The Bertz CT molecular complexity index is 646. The van der Waals surface area contributed by atoms with Crippen LogP contribution in [0.15, 0.2) is 4.99 Å². The zero-order chi connectivity index (χ0) is 22.1. The minimum atomic E-state index is -2.86. The molecule has 178 valence electrons. The summed E-state index contributed by atoms with van der Waals surface area (Å²) in [6, 6.07) is 0. The monoisotopic (exact) mass is 561 g/mol. The fraction of sp³-hybridized carbons (Fsp3) is 0.895. The number of sulfone groups is 1. The van der Waals surface area contributed by atoms with Crippen molar-refractivity contribution in [1.82, 2.24) is 20.9 Å². The van der Waals surface area contributed by atoms with E-state index in [4.69, 9.17) is 4.74 Å². The number of hydrogen-bond acceptors (Lipinski definition) is 6. The highest BCUT2D eigenvalue weighted by Gasteiger charge is 2.30. The molecular formula is C19H40IN5O4S. The third kappa shape index (κ3) is 11.0. The summed E-state index contributed by atoms with van der Waals surface area (Å²) in [5.41, 5.74) is -0.989. The standard InChI is InChI=1S/C19H39N5O4S.HI/c1-7-19(8-2,23-17(25)28-18(3,4)5)15-22-16(20-6)21-9-10-24-11-13-29(26,27)14-12-24;/h7-15H2,1-6H3,(H,23,25)(H2,20,21,22);1H. The van der Waals surface area contributed by atoms with Gasteiger partial charge in [-0.3, -0.25) is 9.89 Å². The van der Waals surface area contributed by atoms with E-state index < -0.39 is 27.1 Å². The fourth-order valence-electron chi connectivity index (χ4n) is 3.02. The third-order valence-electron chi connectivity index (χ3n) is 5.10. The number of nitrogens with one attached hydrogen (secondary N) is 3. The van der Waals surface area contributed by atoms with Gasteiger partial charge in [-0.2, -0.15) is 0 Å². The normalized spacial score (nSPS) is 17.6. The van der Waals surface area contributed by atoms with E-state index in [0.29, 0.717) is 32.1 Å². The Morgan fingerprint density at radius 1 is 1.10 bits per heavy atom. The van der Waals surface area contributed by atoms with Crippen molar-refractivity contribution in [3.8, 4) is 0 Å². The molecule has 1 saturated heterocycles. The Hall–Kier alpha value is -0.820. The summed E-state index contributed by atoms with van der Waals surface area (Å²) in [6.45, 7) is 12.7. The number of halogens is 1. The van der Waals surface area contributed by atoms with E-state index in [2.05, 4.69) is 25.8 Å². The van der Waals surface area contributed by atoms with Crippen LogP contribution in [0.25, 0.3) is 0 Å². The van der Waals surface area contributed by atoms with E-state index in [-0.39, 0.29) is 35.5 Å². The van der Waals surface area contributed by atoms with Crippen LogP contribution in [-0.4, -0.2) is 87.8 Å². The smallest absolute Gasteiger partial charge is 0.408 e. The number of hydrogen-bond donors (Lipinski definition) is 3. The molecule has 1 heterocycles. The number of aliphatic imine (C=N–C) groups is 1. The van der Waals surface area contributed by atoms with Gasteiger partial charge in [-0.1, -0.05) is 13.8 Å². The van der Waals surface area contributed by atoms with Crippen LogP contribution in [-0.2, 0) is 14.6 Å². The molecule has 0 radical (unpaired) electrons. The summed E-state index contributed by atoms with van der Waals surface area (Å²) in [5, 5.41) is 9.55. The molecule has 1 amide bonds. The van der Waals surface area contributed by atoms with Crippen LogP contribution in [0.2, 0.25) is 0 Å². The first-order valence-electron chi connectivity index (χ1n) is 10.3. The molecule has 0 spiro atoms. The molecule has 9 nitrogen and oxygen atoms in total. The molecule has 0 aromatic heterocycles. The Morgan fingerprint density at radius 2 is 1.67 bits per heavy atom. The van der Waals surface area contributed by atoms with E-state index in [1.807, 2.05) is 34.6 Å². The Morgan fingerprint density at radius 3 is 2.13 bits per heavy atom.